The van der Waals surface area contributed by atoms with Gasteiger partial charge < -0.3 is 10.2 Å². The van der Waals surface area contributed by atoms with Crippen LogP contribution in [0, 0.1) is 11.7 Å². The van der Waals surface area contributed by atoms with Gasteiger partial charge in [-0.2, -0.15) is 0 Å². The zero-order valence-corrected chi connectivity index (χ0v) is 11.4. The number of anilines is 1. The summed E-state index contributed by atoms with van der Waals surface area (Å²) in [4.78, 5) is 13.9. The summed E-state index contributed by atoms with van der Waals surface area (Å²) >= 11 is 0. The molecule has 0 radical (unpaired) electrons. The van der Waals surface area contributed by atoms with Crippen LogP contribution in [-0.4, -0.2) is 24.0 Å². The lowest BCUT2D eigenvalue weighted by Gasteiger charge is -2.31. The van der Waals surface area contributed by atoms with Crippen LogP contribution in [0.15, 0.2) is 24.3 Å². The zero-order chi connectivity index (χ0) is 13.7. The van der Waals surface area contributed by atoms with Gasteiger partial charge in [-0.25, -0.2) is 9.18 Å². The van der Waals surface area contributed by atoms with E-state index in [0.717, 1.165) is 31.8 Å². The number of hydrogen-bond acceptors (Lipinski definition) is 1. The number of nitrogens with zero attached hydrogens (tertiary/aromatic N) is 1. The molecule has 0 aliphatic carbocycles. The number of hydrogen-bond donors (Lipinski definition) is 1. The molecule has 19 heavy (non-hydrogen) atoms. The second-order valence-corrected chi connectivity index (χ2v) is 5.16. The first-order valence-electron chi connectivity index (χ1n) is 7.00. The van der Waals surface area contributed by atoms with E-state index in [2.05, 4.69) is 12.2 Å². The van der Waals surface area contributed by atoms with Crippen LogP contribution in [0.4, 0.5) is 14.9 Å². The van der Waals surface area contributed by atoms with Crippen LogP contribution < -0.4 is 5.32 Å². The van der Waals surface area contributed by atoms with Gasteiger partial charge in [0.05, 0.1) is 0 Å². The topological polar surface area (TPSA) is 32.3 Å². The number of amides is 2. The summed E-state index contributed by atoms with van der Waals surface area (Å²) in [7, 11) is 0. The van der Waals surface area contributed by atoms with Crippen molar-refractivity contribution < 1.29 is 9.18 Å². The first kappa shape index (κ1) is 13.8. The molecule has 0 aromatic heterocycles. The van der Waals surface area contributed by atoms with Crippen LogP contribution in [0.2, 0.25) is 0 Å². The number of urea groups is 1. The molecule has 2 amide bonds. The Morgan fingerprint density at radius 3 is 2.53 bits per heavy atom. The van der Waals surface area contributed by atoms with Crippen molar-refractivity contribution in [3.05, 3.63) is 30.1 Å². The number of carbonyl (C=O) groups excluding carboxylic acids is 1. The molecular formula is C15H21FN2O. The molecule has 1 aromatic rings. The lowest BCUT2D eigenvalue weighted by Crippen LogP contribution is -2.41. The number of rotatable bonds is 3. The Hall–Kier alpha value is -1.58. The molecule has 1 heterocycles. The molecular weight excluding hydrogens is 243 g/mol. The van der Waals surface area contributed by atoms with E-state index in [4.69, 9.17) is 0 Å². The highest BCUT2D eigenvalue weighted by Crippen LogP contribution is 2.22. The van der Waals surface area contributed by atoms with Crippen molar-refractivity contribution in [1.82, 2.24) is 4.90 Å². The van der Waals surface area contributed by atoms with Crippen molar-refractivity contribution in [2.24, 2.45) is 5.92 Å². The van der Waals surface area contributed by atoms with Crippen molar-refractivity contribution in [3.63, 3.8) is 0 Å². The van der Waals surface area contributed by atoms with Gasteiger partial charge in [0.15, 0.2) is 0 Å². The lowest BCUT2D eigenvalue weighted by molar-refractivity contribution is 0.179. The lowest BCUT2D eigenvalue weighted by atomic mass is 9.93. The molecule has 1 aromatic carbocycles. The molecule has 1 aliphatic heterocycles. The van der Waals surface area contributed by atoms with Crippen LogP contribution in [0.1, 0.15) is 32.6 Å². The Balaban J connectivity index is 1.83. The molecule has 4 heteroatoms. The fraction of sp³-hybridized carbons (Fsp3) is 0.533. The van der Waals surface area contributed by atoms with Gasteiger partial charge in [-0.05, 0) is 43.0 Å². The summed E-state index contributed by atoms with van der Waals surface area (Å²) < 4.78 is 12.8. The molecule has 1 aliphatic rings. The molecule has 0 spiro atoms. The molecule has 1 fully saturated rings. The summed E-state index contributed by atoms with van der Waals surface area (Å²) in [5, 5.41) is 2.81. The maximum Gasteiger partial charge on any atom is 0.321 e. The van der Waals surface area contributed by atoms with Gasteiger partial charge in [0.25, 0.3) is 0 Å². The first-order chi connectivity index (χ1) is 9.19. The number of halogens is 1. The van der Waals surface area contributed by atoms with E-state index in [0.29, 0.717) is 5.69 Å². The Morgan fingerprint density at radius 1 is 1.32 bits per heavy atom. The second-order valence-electron chi connectivity index (χ2n) is 5.16. The van der Waals surface area contributed by atoms with Gasteiger partial charge in [-0.1, -0.05) is 19.8 Å². The van der Waals surface area contributed by atoms with Crippen molar-refractivity contribution >= 4 is 11.7 Å². The van der Waals surface area contributed by atoms with Gasteiger partial charge >= 0.3 is 6.03 Å². The normalized spacial score (nSPS) is 16.4. The van der Waals surface area contributed by atoms with E-state index in [-0.39, 0.29) is 11.8 Å². The van der Waals surface area contributed by atoms with Crippen molar-refractivity contribution in [3.8, 4) is 0 Å². The van der Waals surface area contributed by atoms with Gasteiger partial charge in [0, 0.05) is 18.8 Å². The van der Waals surface area contributed by atoms with Gasteiger partial charge in [-0.3, -0.25) is 0 Å². The molecule has 0 unspecified atom stereocenters. The highest BCUT2D eigenvalue weighted by Gasteiger charge is 2.22. The summed E-state index contributed by atoms with van der Waals surface area (Å²) in [6, 6.07) is 5.78. The van der Waals surface area contributed by atoms with Crippen molar-refractivity contribution in [2.45, 2.75) is 32.6 Å². The minimum absolute atomic E-state index is 0.0819. The van der Waals surface area contributed by atoms with E-state index in [9.17, 15) is 9.18 Å². The summed E-state index contributed by atoms with van der Waals surface area (Å²) in [6.07, 6.45) is 4.65. The average molecular weight is 264 g/mol. The third-order valence-corrected chi connectivity index (χ3v) is 3.69. The fourth-order valence-electron chi connectivity index (χ4n) is 2.57. The number of benzene rings is 1. The summed E-state index contributed by atoms with van der Waals surface area (Å²) in [5.41, 5.74) is 0.641. The molecule has 2 rings (SSSR count). The Labute approximate surface area is 113 Å². The van der Waals surface area contributed by atoms with E-state index in [1.807, 2.05) is 4.90 Å². The van der Waals surface area contributed by atoms with Crippen LogP contribution in [0.25, 0.3) is 0 Å². The average Bonchev–Trinajstić information content (AvgIpc) is 2.42. The van der Waals surface area contributed by atoms with E-state index in [1.54, 1.807) is 12.1 Å². The number of carbonyl (C=O) groups is 1. The van der Waals surface area contributed by atoms with Crippen LogP contribution in [-0.2, 0) is 0 Å². The molecule has 0 bridgehead atoms. The van der Waals surface area contributed by atoms with Gasteiger partial charge in [-0.15, -0.1) is 0 Å². The predicted molar refractivity (Wildman–Crippen MR) is 74.6 cm³/mol. The minimum atomic E-state index is -0.293. The largest absolute Gasteiger partial charge is 0.325 e. The van der Waals surface area contributed by atoms with Gasteiger partial charge in [0.1, 0.15) is 5.82 Å². The third kappa shape index (κ3) is 3.94. The Bertz CT molecular complexity index is 411. The third-order valence-electron chi connectivity index (χ3n) is 3.69. The van der Waals surface area contributed by atoms with Gasteiger partial charge in [0.2, 0.25) is 0 Å². The maximum atomic E-state index is 12.8. The molecule has 1 saturated heterocycles. The molecule has 1 N–H and O–H groups in total. The standard InChI is InChI=1S/C15H21FN2O/c1-2-3-12-8-10-18(11-9-12)15(19)17-14-6-4-13(16)5-7-14/h4-7,12H,2-3,8-11H2,1H3,(H,17,19). The highest BCUT2D eigenvalue weighted by atomic mass is 19.1. The maximum absolute atomic E-state index is 12.8. The zero-order valence-electron chi connectivity index (χ0n) is 11.4. The monoisotopic (exact) mass is 264 g/mol. The summed E-state index contributed by atoms with van der Waals surface area (Å²) in [6.45, 7) is 3.84. The van der Waals surface area contributed by atoms with E-state index < -0.39 is 0 Å². The van der Waals surface area contributed by atoms with Crippen LogP contribution >= 0.6 is 0 Å². The quantitative estimate of drug-likeness (QED) is 0.883. The predicted octanol–water partition coefficient (Wildman–Crippen LogP) is 3.87. The first-order valence-corrected chi connectivity index (χ1v) is 7.00. The molecule has 3 nitrogen and oxygen atoms in total. The SMILES string of the molecule is CCCC1CCN(C(=O)Nc2ccc(F)cc2)CC1. The second kappa shape index (κ2) is 6.55. The van der Waals surface area contributed by atoms with E-state index >= 15 is 0 Å². The molecule has 0 atom stereocenters. The number of nitrogens with one attached hydrogen (secondary N) is 1. The minimum Gasteiger partial charge on any atom is -0.325 e. The van der Waals surface area contributed by atoms with Crippen molar-refractivity contribution in [2.75, 3.05) is 18.4 Å². The highest BCUT2D eigenvalue weighted by molar-refractivity contribution is 5.89. The van der Waals surface area contributed by atoms with Crippen molar-refractivity contribution in [1.29, 1.82) is 0 Å². The molecule has 0 saturated carbocycles. The van der Waals surface area contributed by atoms with Crippen LogP contribution in [0.3, 0.4) is 0 Å². The smallest absolute Gasteiger partial charge is 0.321 e. The molecule has 104 valence electrons. The number of likely N-dealkylation sites (tertiary alicyclic amines) is 1. The summed E-state index contributed by atoms with van der Waals surface area (Å²) in [5.74, 6) is 0.471. The number of piperidine rings is 1. The Kier molecular flexibility index (Phi) is 4.77. The van der Waals surface area contributed by atoms with E-state index in [1.165, 1.54) is 25.0 Å². The fourth-order valence-corrected chi connectivity index (χ4v) is 2.57. The Morgan fingerprint density at radius 2 is 1.95 bits per heavy atom. The van der Waals surface area contributed by atoms with Crippen LogP contribution in [0.5, 0.6) is 0 Å².